The van der Waals surface area contributed by atoms with Crippen molar-refractivity contribution in [1.82, 2.24) is 0 Å². The highest BCUT2D eigenvalue weighted by atomic mass is 19.4. The van der Waals surface area contributed by atoms with Crippen LogP contribution in [0.5, 0.6) is 0 Å². The van der Waals surface area contributed by atoms with Crippen LogP contribution < -0.4 is 9.80 Å². The number of aryl methyl sites for hydroxylation is 1. The quantitative estimate of drug-likeness (QED) is 0.811. The van der Waals surface area contributed by atoms with E-state index >= 15 is 0 Å². The highest BCUT2D eigenvalue weighted by Gasteiger charge is 2.31. The van der Waals surface area contributed by atoms with Crippen molar-refractivity contribution in [3.63, 3.8) is 0 Å². The summed E-state index contributed by atoms with van der Waals surface area (Å²) < 4.78 is 38.2. The van der Waals surface area contributed by atoms with Crippen molar-refractivity contribution in [1.29, 1.82) is 0 Å². The van der Waals surface area contributed by atoms with Crippen LogP contribution in [-0.4, -0.2) is 24.9 Å². The molecule has 2 amide bonds. The third-order valence-electron chi connectivity index (χ3n) is 4.59. The first-order valence-corrected chi connectivity index (χ1v) is 8.61. The number of amides is 2. The number of hydrogen-bond donors (Lipinski definition) is 0. The first kappa shape index (κ1) is 18.9. The summed E-state index contributed by atoms with van der Waals surface area (Å²) in [5.74, 6) is -0.675. The van der Waals surface area contributed by atoms with Crippen molar-refractivity contribution in [2.75, 3.05) is 22.9 Å². The lowest BCUT2D eigenvalue weighted by Crippen LogP contribution is -2.44. The predicted molar refractivity (Wildman–Crippen MR) is 96.6 cm³/mol. The monoisotopic (exact) mass is 376 g/mol. The topological polar surface area (TPSA) is 40.6 Å². The molecule has 0 fully saturated rings. The van der Waals surface area contributed by atoms with Gasteiger partial charge in [-0.25, -0.2) is 0 Å². The van der Waals surface area contributed by atoms with E-state index < -0.39 is 17.6 Å². The van der Waals surface area contributed by atoms with Crippen LogP contribution in [0.25, 0.3) is 0 Å². The summed E-state index contributed by atoms with van der Waals surface area (Å²) in [4.78, 5) is 27.7. The minimum absolute atomic E-state index is 0.227. The Morgan fingerprint density at radius 2 is 1.74 bits per heavy atom. The molecule has 0 N–H and O–H groups in total. The molecule has 1 aliphatic heterocycles. The Labute approximate surface area is 155 Å². The van der Waals surface area contributed by atoms with Gasteiger partial charge in [-0.15, -0.1) is 0 Å². The van der Waals surface area contributed by atoms with Crippen molar-refractivity contribution in [2.24, 2.45) is 0 Å². The van der Waals surface area contributed by atoms with E-state index in [1.807, 2.05) is 24.3 Å². The summed E-state index contributed by atoms with van der Waals surface area (Å²) in [5, 5.41) is 0. The van der Waals surface area contributed by atoms with Crippen molar-refractivity contribution in [3.05, 3.63) is 59.7 Å². The van der Waals surface area contributed by atoms with Crippen molar-refractivity contribution in [3.8, 4) is 0 Å². The zero-order valence-electron chi connectivity index (χ0n) is 14.8. The third kappa shape index (κ3) is 4.13. The number of carbonyl (C=O) groups excluding carboxylic acids is 2. The Kier molecular flexibility index (Phi) is 5.21. The molecule has 0 radical (unpaired) electrons. The first-order valence-electron chi connectivity index (χ1n) is 8.61. The number of anilines is 2. The molecule has 1 aliphatic rings. The number of halogens is 3. The maximum atomic E-state index is 12.8. The number of hydrogen-bond acceptors (Lipinski definition) is 2. The van der Waals surface area contributed by atoms with E-state index in [1.54, 1.807) is 4.90 Å². The second-order valence-corrected chi connectivity index (χ2v) is 6.43. The Morgan fingerprint density at radius 3 is 2.37 bits per heavy atom. The minimum Gasteiger partial charge on any atom is -0.311 e. The normalized spacial score (nSPS) is 13.9. The van der Waals surface area contributed by atoms with E-state index in [4.69, 9.17) is 0 Å². The molecular formula is C20H19F3N2O2. The first-order chi connectivity index (χ1) is 12.8. The predicted octanol–water partition coefficient (Wildman–Crippen LogP) is 4.04. The molecule has 0 bridgehead atoms. The Bertz CT molecular complexity index is 847. The van der Waals surface area contributed by atoms with Gasteiger partial charge in [0.15, 0.2) is 0 Å². The Morgan fingerprint density at radius 1 is 1.07 bits per heavy atom. The molecule has 142 valence electrons. The lowest BCUT2D eigenvalue weighted by Gasteiger charge is -2.31. The fourth-order valence-corrected chi connectivity index (χ4v) is 3.23. The van der Waals surface area contributed by atoms with Gasteiger partial charge >= 0.3 is 6.18 Å². The van der Waals surface area contributed by atoms with Gasteiger partial charge in [0, 0.05) is 24.8 Å². The van der Waals surface area contributed by atoms with Gasteiger partial charge in [-0.05, 0) is 48.7 Å². The molecule has 3 rings (SSSR count). The molecule has 0 spiro atoms. The average molecular weight is 376 g/mol. The van der Waals surface area contributed by atoms with Crippen molar-refractivity contribution < 1.29 is 22.8 Å². The number of para-hydroxylation sites is 1. The molecule has 0 aromatic heterocycles. The summed E-state index contributed by atoms with van der Waals surface area (Å²) in [6.07, 6.45) is -2.74. The van der Waals surface area contributed by atoms with Gasteiger partial charge in [-0.3, -0.25) is 9.59 Å². The van der Waals surface area contributed by atoms with E-state index in [1.165, 1.54) is 24.0 Å². The number of alkyl halides is 3. The maximum absolute atomic E-state index is 12.8. The van der Waals surface area contributed by atoms with Crippen LogP contribution >= 0.6 is 0 Å². The second kappa shape index (κ2) is 7.42. The molecule has 7 heteroatoms. The Hall–Kier alpha value is -2.83. The number of carbonyl (C=O) groups is 2. The third-order valence-corrected chi connectivity index (χ3v) is 4.59. The van der Waals surface area contributed by atoms with E-state index in [2.05, 4.69) is 0 Å². The fraction of sp³-hybridized carbons (Fsp3) is 0.300. The highest BCUT2D eigenvalue weighted by molar-refractivity contribution is 6.03. The summed E-state index contributed by atoms with van der Waals surface area (Å²) in [7, 11) is 0. The molecular weight excluding hydrogens is 357 g/mol. The van der Waals surface area contributed by atoms with Gasteiger partial charge < -0.3 is 9.80 Å². The number of nitrogens with zero attached hydrogens (tertiary/aromatic N) is 2. The van der Waals surface area contributed by atoms with Crippen molar-refractivity contribution in [2.45, 2.75) is 25.9 Å². The van der Waals surface area contributed by atoms with Crippen LogP contribution in [0.2, 0.25) is 0 Å². The second-order valence-electron chi connectivity index (χ2n) is 6.43. The van der Waals surface area contributed by atoms with Gasteiger partial charge in [-0.2, -0.15) is 13.2 Å². The summed E-state index contributed by atoms with van der Waals surface area (Å²) >= 11 is 0. The smallest absolute Gasteiger partial charge is 0.311 e. The summed E-state index contributed by atoms with van der Waals surface area (Å²) in [6, 6.07) is 11.8. The molecule has 0 unspecified atom stereocenters. The zero-order chi connectivity index (χ0) is 19.6. The summed E-state index contributed by atoms with van der Waals surface area (Å²) in [6.45, 7) is 1.61. The van der Waals surface area contributed by atoms with E-state index in [0.29, 0.717) is 6.54 Å². The maximum Gasteiger partial charge on any atom is 0.416 e. The molecule has 2 aromatic carbocycles. The van der Waals surface area contributed by atoms with Crippen LogP contribution in [0, 0.1) is 0 Å². The largest absolute Gasteiger partial charge is 0.416 e. The number of benzene rings is 2. The molecule has 27 heavy (non-hydrogen) atoms. The molecule has 2 aromatic rings. The Balaban J connectivity index is 1.81. The number of fused-ring (bicyclic) bond motifs is 1. The van der Waals surface area contributed by atoms with Gasteiger partial charge in [0.05, 0.1) is 5.56 Å². The van der Waals surface area contributed by atoms with Crippen LogP contribution in [0.1, 0.15) is 24.5 Å². The lowest BCUT2D eigenvalue weighted by atomic mass is 10.0. The van der Waals surface area contributed by atoms with E-state index in [0.717, 1.165) is 36.2 Å². The van der Waals surface area contributed by atoms with Crippen LogP contribution in [-0.2, 0) is 22.2 Å². The average Bonchev–Trinajstić information content (AvgIpc) is 2.64. The molecule has 0 saturated carbocycles. The van der Waals surface area contributed by atoms with E-state index in [9.17, 15) is 22.8 Å². The highest BCUT2D eigenvalue weighted by Crippen LogP contribution is 2.31. The molecule has 0 atom stereocenters. The summed E-state index contributed by atoms with van der Waals surface area (Å²) in [5.41, 5.74) is 1.35. The molecule has 0 aliphatic carbocycles. The van der Waals surface area contributed by atoms with Gasteiger partial charge in [0.1, 0.15) is 6.54 Å². The van der Waals surface area contributed by atoms with Crippen LogP contribution in [0.15, 0.2) is 48.5 Å². The van der Waals surface area contributed by atoms with Crippen LogP contribution in [0.3, 0.4) is 0 Å². The molecule has 4 nitrogen and oxygen atoms in total. The SMILES string of the molecule is CC(=O)N(CC(=O)N1CCCc2ccccc21)c1ccc(C(F)(F)F)cc1. The molecule has 1 heterocycles. The van der Waals surface area contributed by atoms with E-state index in [-0.39, 0.29) is 18.1 Å². The fourth-order valence-electron chi connectivity index (χ4n) is 3.23. The van der Waals surface area contributed by atoms with Gasteiger partial charge in [-0.1, -0.05) is 18.2 Å². The lowest BCUT2D eigenvalue weighted by molar-refractivity contribution is -0.137. The molecule has 0 saturated heterocycles. The van der Waals surface area contributed by atoms with Gasteiger partial charge in [0.2, 0.25) is 11.8 Å². The number of rotatable bonds is 3. The van der Waals surface area contributed by atoms with Crippen LogP contribution in [0.4, 0.5) is 24.5 Å². The minimum atomic E-state index is -4.45. The zero-order valence-corrected chi connectivity index (χ0v) is 14.8. The standard InChI is InChI=1S/C20H19F3N2O2/c1-14(26)25(17-10-8-16(9-11-17)20(21,22)23)13-19(27)24-12-4-6-15-5-2-3-7-18(15)24/h2-3,5,7-11H,4,6,12-13H2,1H3. The van der Waals surface area contributed by atoms with Gasteiger partial charge in [0.25, 0.3) is 0 Å². The van der Waals surface area contributed by atoms with Crippen molar-refractivity contribution >= 4 is 23.2 Å².